The summed E-state index contributed by atoms with van der Waals surface area (Å²) in [5, 5.41) is 1.05. The number of pyridine rings is 1. The van der Waals surface area contributed by atoms with Gasteiger partial charge in [0.1, 0.15) is 11.7 Å². The number of nitrogens with zero attached hydrogens (tertiary/aromatic N) is 4. The molecule has 0 atom stereocenters. The van der Waals surface area contributed by atoms with E-state index >= 15 is 0 Å². The lowest BCUT2D eigenvalue weighted by Crippen LogP contribution is -1.91. The summed E-state index contributed by atoms with van der Waals surface area (Å²) in [6.45, 7) is 0. The highest BCUT2D eigenvalue weighted by Crippen LogP contribution is 2.20. The molecule has 0 aliphatic heterocycles. The Hall–Kier alpha value is -2.82. The maximum absolute atomic E-state index is 4.41. The number of benzene rings is 1. The highest BCUT2D eigenvalue weighted by molar-refractivity contribution is 5.82. The molecule has 3 aromatic heterocycles. The van der Waals surface area contributed by atoms with E-state index in [9.17, 15) is 0 Å². The molecule has 1 aromatic carbocycles. The molecule has 4 rings (SSSR count). The van der Waals surface area contributed by atoms with Crippen molar-refractivity contribution < 1.29 is 0 Å². The molecule has 0 unspecified atom stereocenters. The van der Waals surface area contributed by atoms with Gasteiger partial charge in [-0.2, -0.15) is 0 Å². The van der Waals surface area contributed by atoms with Gasteiger partial charge in [0.25, 0.3) is 0 Å². The molecule has 0 saturated heterocycles. The zero-order valence-electron chi connectivity index (χ0n) is 9.83. The van der Waals surface area contributed by atoms with Gasteiger partial charge in [-0.1, -0.05) is 18.2 Å². The Morgan fingerprint density at radius 3 is 3.00 bits per heavy atom. The summed E-state index contributed by atoms with van der Waals surface area (Å²) in [7, 11) is 0. The van der Waals surface area contributed by atoms with Gasteiger partial charge in [0, 0.05) is 10.9 Å². The Labute approximate surface area is 108 Å². The Bertz CT molecular complexity index is 881. The van der Waals surface area contributed by atoms with Gasteiger partial charge in [0.15, 0.2) is 11.5 Å². The first-order chi connectivity index (χ1) is 9.40. The summed E-state index contributed by atoms with van der Waals surface area (Å²) >= 11 is 0. The number of nitrogens with one attached hydrogen (secondary N) is 1. The van der Waals surface area contributed by atoms with Crippen LogP contribution in [0.4, 0.5) is 0 Å². The molecule has 0 saturated carbocycles. The van der Waals surface area contributed by atoms with Crippen LogP contribution in [0.2, 0.25) is 0 Å². The fourth-order valence-electron chi connectivity index (χ4n) is 2.00. The Kier molecular flexibility index (Phi) is 2.05. The summed E-state index contributed by atoms with van der Waals surface area (Å²) in [6, 6.07) is 9.88. The second-order valence-corrected chi connectivity index (χ2v) is 4.17. The molecule has 4 aromatic rings. The molecule has 0 aliphatic carbocycles. The molecule has 1 N–H and O–H groups in total. The first-order valence-electron chi connectivity index (χ1n) is 5.84. The van der Waals surface area contributed by atoms with E-state index in [4.69, 9.17) is 0 Å². The average molecular weight is 246 g/mol. The fourth-order valence-corrected chi connectivity index (χ4v) is 2.00. The van der Waals surface area contributed by atoms with Crippen LogP contribution in [0.25, 0.3) is 33.5 Å². The molecule has 1 radical (unpaired) electrons. The number of rotatable bonds is 1. The molecule has 0 amide bonds. The first-order valence-corrected chi connectivity index (χ1v) is 5.84. The molecule has 89 valence electrons. The van der Waals surface area contributed by atoms with Gasteiger partial charge in [-0.25, -0.2) is 19.9 Å². The SMILES string of the molecule is [c]1nc2ccccc2cc1-c1ncc2nc[nH]c2n1. The topological polar surface area (TPSA) is 67.3 Å². The zero-order chi connectivity index (χ0) is 12.7. The van der Waals surface area contributed by atoms with E-state index in [2.05, 4.69) is 31.1 Å². The molecule has 0 bridgehead atoms. The second kappa shape index (κ2) is 3.84. The standard InChI is InChI=1S/C14H8N5/c1-2-4-11-9(3-1)5-10(6-15-11)13-16-7-12-14(19-13)18-8-17-12/h1-5,7-8H,(H,16,17,18,19). The Balaban J connectivity index is 1.92. The van der Waals surface area contributed by atoms with Crippen molar-refractivity contribution in [2.45, 2.75) is 0 Å². The number of fused-ring (bicyclic) bond motifs is 2. The van der Waals surface area contributed by atoms with Crippen LogP contribution >= 0.6 is 0 Å². The van der Waals surface area contributed by atoms with Crippen molar-refractivity contribution in [3.63, 3.8) is 0 Å². The maximum Gasteiger partial charge on any atom is 0.163 e. The van der Waals surface area contributed by atoms with E-state index < -0.39 is 0 Å². The van der Waals surface area contributed by atoms with Crippen LogP contribution < -0.4 is 0 Å². The average Bonchev–Trinajstić information content (AvgIpc) is 2.94. The molecule has 3 heterocycles. The number of para-hydroxylation sites is 1. The minimum atomic E-state index is 0.593. The van der Waals surface area contributed by atoms with Crippen LogP contribution in [-0.4, -0.2) is 24.9 Å². The zero-order valence-corrected chi connectivity index (χ0v) is 9.83. The largest absolute Gasteiger partial charge is 0.329 e. The molecule has 0 spiro atoms. The van der Waals surface area contributed by atoms with Gasteiger partial charge >= 0.3 is 0 Å². The number of imidazole rings is 1. The number of aromatic nitrogens is 5. The van der Waals surface area contributed by atoms with Crippen molar-refractivity contribution in [3.05, 3.63) is 49.1 Å². The minimum Gasteiger partial charge on any atom is -0.329 e. The predicted molar refractivity (Wildman–Crippen MR) is 71.3 cm³/mol. The lowest BCUT2D eigenvalue weighted by Gasteiger charge is -2.01. The number of hydrogen-bond donors (Lipinski definition) is 1. The fraction of sp³-hybridized carbons (Fsp3) is 0. The van der Waals surface area contributed by atoms with Crippen molar-refractivity contribution in [1.82, 2.24) is 24.9 Å². The monoisotopic (exact) mass is 246 g/mol. The van der Waals surface area contributed by atoms with Crippen molar-refractivity contribution >= 4 is 22.1 Å². The van der Waals surface area contributed by atoms with Gasteiger partial charge in [0.05, 0.1) is 18.0 Å². The molecule has 0 fully saturated rings. The summed E-state index contributed by atoms with van der Waals surface area (Å²) in [5.41, 5.74) is 3.15. The molecule has 19 heavy (non-hydrogen) atoms. The third-order valence-electron chi connectivity index (χ3n) is 2.95. The minimum absolute atomic E-state index is 0.593. The van der Waals surface area contributed by atoms with Crippen LogP contribution in [0.1, 0.15) is 0 Å². The molecule has 5 nitrogen and oxygen atoms in total. The lowest BCUT2D eigenvalue weighted by molar-refractivity contribution is 1.20. The summed E-state index contributed by atoms with van der Waals surface area (Å²) < 4.78 is 0. The number of hydrogen-bond acceptors (Lipinski definition) is 4. The van der Waals surface area contributed by atoms with Gasteiger partial charge in [-0.15, -0.1) is 0 Å². The first kappa shape index (κ1) is 10.1. The quantitative estimate of drug-likeness (QED) is 0.560. The van der Waals surface area contributed by atoms with E-state index in [-0.39, 0.29) is 0 Å². The highest BCUT2D eigenvalue weighted by atomic mass is 15.0. The highest BCUT2D eigenvalue weighted by Gasteiger charge is 2.06. The third-order valence-corrected chi connectivity index (χ3v) is 2.95. The molecular weight excluding hydrogens is 238 g/mol. The van der Waals surface area contributed by atoms with Gasteiger partial charge in [0.2, 0.25) is 0 Å². The van der Waals surface area contributed by atoms with Crippen LogP contribution in [0.3, 0.4) is 0 Å². The number of aromatic amines is 1. The predicted octanol–water partition coefficient (Wildman–Crippen LogP) is 2.37. The van der Waals surface area contributed by atoms with E-state index in [1.54, 1.807) is 12.5 Å². The van der Waals surface area contributed by atoms with Crippen molar-refractivity contribution in [1.29, 1.82) is 0 Å². The van der Waals surface area contributed by atoms with Crippen molar-refractivity contribution in [3.8, 4) is 11.4 Å². The van der Waals surface area contributed by atoms with E-state index in [0.717, 1.165) is 22.0 Å². The summed E-state index contributed by atoms with van der Waals surface area (Å²) in [5.74, 6) is 0.593. The molecular formula is C14H8N5. The maximum atomic E-state index is 4.41. The van der Waals surface area contributed by atoms with Crippen LogP contribution in [0.15, 0.2) is 42.9 Å². The van der Waals surface area contributed by atoms with Crippen LogP contribution in [0.5, 0.6) is 0 Å². The van der Waals surface area contributed by atoms with E-state index in [0.29, 0.717) is 11.5 Å². The molecule has 0 aliphatic rings. The van der Waals surface area contributed by atoms with E-state index in [1.165, 1.54) is 0 Å². The van der Waals surface area contributed by atoms with Gasteiger partial charge < -0.3 is 4.98 Å². The van der Waals surface area contributed by atoms with E-state index in [1.807, 2.05) is 30.3 Å². The smallest absolute Gasteiger partial charge is 0.163 e. The normalized spacial score (nSPS) is 11.2. The summed E-state index contributed by atoms with van der Waals surface area (Å²) in [6.07, 6.45) is 6.27. The lowest BCUT2D eigenvalue weighted by atomic mass is 10.1. The Morgan fingerprint density at radius 1 is 1.05 bits per heavy atom. The summed E-state index contributed by atoms with van der Waals surface area (Å²) in [4.78, 5) is 20.1. The van der Waals surface area contributed by atoms with Crippen LogP contribution in [-0.2, 0) is 0 Å². The van der Waals surface area contributed by atoms with Crippen molar-refractivity contribution in [2.24, 2.45) is 0 Å². The van der Waals surface area contributed by atoms with Crippen molar-refractivity contribution in [2.75, 3.05) is 0 Å². The van der Waals surface area contributed by atoms with Gasteiger partial charge in [-0.3, -0.25) is 0 Å². The molecule has 5 heteroatoms. The Morgan fingerprint density at radius 2 is 2.00 bits per heavy atom. The van der Waals surface area contributed by atoms with Crippen LogP contribution in [0, 0.1) is 6.20 Å². The van der Waals surface area contributed by atoms with Gasteiger partial charge in [-0.05, 0) is 12.1 Å². The third kappa shape index (κ3) is 1.63. The number of H-pyrrole nitrogens is 1. The second-order valence-electron chi connectivity index (χ2n) is 4.17.